The van der Waals surface area contributed by atoms with Crippen molar-refractivity contribution in [3.8, 4) is 5.75 Å². The quantitative estimate of drug-likeness (QED) is 0.287. The molecule has 0 aromatic heterocycles. The number of nitro benzene ring substituents is 1. The Morgan fingerprint density at radius 1 is 1.14 bits per heavy atom. The van der Waals surface area contributed by atoms with E-state index in [1.54, 1.807) is 43.3 Å². The highest BCUT2D eigenvalue weighted by Crippen LogP contribution is 2.34. The van der Waals surface area contributed by atoms with Gasteiger partial charge in [-0.3, -0.25) is 10.1 Å². The summed E-state index contributed by atoms with van der Waals surface area (Å²) in [6.07, 6.45) is 0.338. The molecule has 0 saturated carbocycles. The number of non-ortho nitro benzene ring substituents is 1. The van der Waals surface area contributed by atoms with E-state index in [1.165, 1.54) is 18.2 Å². The molecular formula is C23H20Cl2N4O5S. The molecule has 0 spiro atoms. The number of halogens is 2. The van der Waals surface area contributed by atoms with E-state index in [0.29, 0.717) is 28.3 Å². The first-order valence-corrected chi connectivity index (χ1v) is 12.6. The maximum absolute atomic E-state index is 13.4. The first-order chi connectivity index (χ1) is 16.5. The van der Waals surface area contributed by atoms with Gasteiger partial charge in [0, 0.05) is 28.6 Å². The van der Waals surface area contributed by atoms with Crippen LogP contribution in [0.3, 0.4) is 0 Å². The van der Waals surface area contributed by atoms with Gasteiger partial charge >= 0.3 is 0 Å². The molecule has 1 heterocycles. The van der Waals surface area contributed by atoms with E-state index in [2.05, 4.69) is 15.2 Å². The van der Waals surface area contributed by atoms with Crippen molar-refractivity contribution in [3.05, 3.63) is 97.5 Å². The van der Waals surface area contributed by atoms with Crippen LogP contribution < -0.4 is 10.1 Å². The maximum atomic E-state index is 13.4. The van der Waals surface area contributed by atoms with E-state index in [4.69, 9.17) is 23.2 Å². The first kappa shape index (κ1) is 24.9. The number of benzene rings is 3. The lowest BCUT2D eigenvalue weighted by Crippen LogP contribution is -2.34. The SMILES string of the molecule is Cc1ccc([N+](=O)[O-])cc1S(=O)(=O)NC(C1=NNC(c2ccc(O)cc2)C1)c1ccc(Cl)cc1Cl. The van der Waals surface area contributed by atoms with E-state index < -0.39 is 21.0 Å². The fourth-order valence-corrected chi connectivity index (χ4v) is 5.79. The lowest BCUT2D eigenvalue weighted by atomic mass is 9.96. The van der Waals surface area contributed by atoms with Crippen molar-refractivity contribution in [2.24, 2.45) is 5.10 Å². The lowest BCUT2D eigenvalue weighted by molar-refractivity contribution is -0.385. The summed E-state index contributed by atoms with van der Waals surface area (Å²) < 4.78 is 29.5. The Bertz CT molecular complexity index is 1430. The predicted molar refractivity (Wildman–Crippen MR) is 133 cm³/mol. The minimum absolute atomic E-state index is 0.124. The zero-order chi connectivity index (χ0) is 25.3. The molecule has 35 heavy (non-hydrogen) atoms. The minimum atomic E-state index is -4.23. The Morgan fingerprint density at radius 2 is 1.86 bits per heavy atom. The summed E-state index contributed by atoms with van der Waals surface area (Å²) in [5.74, 6) is 0.124. The van der Waals surface area contributed by atoms with Crippen molar-refractivity contribution < 1.29 is 18.4 Å². The number of nitro groups is 1. The number of sulfonamides is 1. The molecule has 1 aliphatic rings. The molecule has 0 fully saturated rings. The third-order valence-corrected chi connectivity index (χ3v) is 7.75. The van der Waals surface area contributed by atoms with E-state index in [-0.39, 0.29) is 27.4 Å². The molecule has 3 aromatic rings. The van der Waals surface area contributed by atoms with Crippen molar-refractivity contribution in [2.45, 2.75) is 30.3 Å². The Hall–Kier alpha value is -3.18. The van der Waals surface area contributed by atoms with Crippen LogP contribution in [-0.4, -0.2) is 24.2 Å². The summed E-state index contributed by atoms with van der Waals surface area (Å²) in [6.45, 7) is 1.55. The second-order valence-electron chi connectivity index (χ2n) is 8.01. The summed E-state index contributed by atoms with van der Waals surface area (Å²) in [5, 5.41) is 25.8. The van der Waals surface area contributed by atoms with Gasteiger partial charge in [-0.05, 0) is 47.9 Å². The number of hydrogen-bond acceptors (Lipinski definition) is 7. The predicted octanol–water partition coefficient (Wildman–Crippen LogP) is 5.03. The summed E-state index contributed by atoms with van der Waals surface area (Å²) in [5.41, 5.74) is 4.73. The summed E-state index contributed by atoms with van der Waals surface area (Å²) in [6, 6.07) is 13.7. The van der Waals surface area contributed by atoms with Gasteiger partial charge in [-0.1, -0.05) is 47.5 Å². The highest BCUT2D eigenvalue weighted by Gasteiger charge is 2.33. The zero-order valence-corrected chi connectivity index (χ0v) is 20.6. The van der Waals surface area contributed by atoms with Crippen LogP contribution >= 0.6 is 23.2 Å². The minimum Gasteiger partial charge on any atom is -0.508 e. The van der Waals surface area contributed by atoms with Gasteiger partial charge in [-0.2, -0.15) is 9.82 Å². The molecule has 4 rings (SSSR count). The van der Waals surface area contributed by atoms with Crippen molar-refractivity contribution >= 4 is 44.6 Å². The molecular weight excluding hydrogens is 515 g/mol. The van der Waals surface area contributed by atoms with Crippen LogP contribution in [0.15, 0.2) is 70.7 Å². The van der Waals surface area contributed by atoms with Crippen LogP contribution in [0.25, 0.3) is 0 Å². The van der Waals surface area contributed by atoms with E-state index in [1.807, 2.05) is 0 Å². The average Bonchev–Trinajstić information content (AvgIpc) is 3.28. The smallest absolute Gasteiger partial charge is 0.270 e. The van der Waals surface area contributed by atoms with Gasteiger partial charge < -0.3 is 10.5 Å². The van der Waals surface area contributed by atoms with Gasteiger partial charge in [0.15, 0.2) is 0 Å². The molecule has 3 aromatic carbocycles. The third kappa shape index (κ3) is 5.40. The number of aromatic hydroxyl groups is 1. The van der Waals surface area contributed by atoms with Crippen LogP contribution in [0.1, 0.15) is 35.2 Å². The largest absolute Gasteiger partial charge is 0.508 e. The lowest BCUT2D eigenvalue weighted by Gasteiger charge is -2.21. The summed E-state index contributed by atoms with van der Waals surface area (Å²) >= 11 is 12.5. The van der Waals surface area contributed by atoms with Crippen LogP contribution in [0.5, 0.6) is 5.75 Å². The van der Waals surface area contributed by atoms with Crippen LogP contribution in [0, 0.1) is 17.0 Å². The number of hydrogen-bond donors (Lipinski definition) is 3. The van der Waals surface area contributed by atoms with E-state index >= 15 is 0 Å². The number of hydrazone groups is 1. The third-order valence-electron chi connectivity index (χ3n) is 5.62. The van der Waals surface area contributed by atoms with Crippen LogP contribution in [-0.2, 0) is 10.0 Å². The Morgan fingerprint density at radius 3 is 2.51 bits per heavy atom. The highest BCUT2D eigenvalue weighted by molar-refractivity contribution is 7.89. The number of rotatable bonds is 7. The Balaban J connectivity index is 1.72. The molecule has 0 amide bonds. The fourth-order valence-electron chi connectivity index (χ4n) is 3.80. The zero-order valence-electron chi connectivity index (χ0n) is 18.3. The number of nitrogens with zero attached hydrogens (tertiary/aromatic N) is 2. The van der Waals surface area contributed by atoms with Gasteiger partial charge in [0.1, 0.15) is 5.75 Å². The number of nitrogens with one attached hydrogen (secondary N) is 2. The normalized spacial score (nSPS) is 16.4. The average molecular weight is 535 g/mol. The molecule has 2 atom stereocenters. The number of phenols is 1. The second kappa shape index (κ2) is 9.82. The summed E-state index contributed by atoms with van der Waals surface area (Å²) in [7, 11) is -4.23. The molecule has 0 saturated heterocycles. The van der Waals surface area contributed by atoms with E-state index in [0.717, 1.165) is 11.6 Å². The number of phenolic OH excluding ortho intramolecular Hbond substituents is 1. The molecule has 0 aliphatic carbocycles. The van der Waals surface area contributed by atoms with Crippen molar-refractivity contribution in [2.75, 3.05) is 0 Å². The first-order valence-electron chi connectivity index (χ1n) is 10.4. The van der Waals surface area contributed by atoms with Gasteiger partial charge in [0.25, 0.3) is 5.69 Å². The van der Waals surface area contributed by atoms with Crippen LogP contribution in [0.4, 0.5) is 5.69 Å². The van der Waals surface area contributed by atoms with Crippen molar-refractivity contribution in [1.82, 2.24) is 10.1 Å². The van der Waals surface area contributed by atoms with Crippen LogP contribution in [0.2, 0.25) is 10.0 Å². The Kier molecular flexibility index (Phi) is 7.00. The topological polar surface area (TPSA) is 134 Å². The van der Waals surface area contributed by atoms with Gasteiger partial charge in [0.2, 0.25) is 10.0 Å². The molecule has 1 aliphatic heterocycles. The van der Waals surface area contributed by atoms with Gasteiger partial charge in [0.05, 0.1) is 27.6 Å². The monoisotopic (exact) mass is 534 g/mol. The van der Waals surface area contributed by atoms with Crippen molar-refractivity contribution in [1.29, 1.82) is 0 Å². The van der Waals surface area contributed by atoms with Gasteiger partial charge in [-0.15, -0.1) is 0 Å². The van der Waals surface area contributed by atoms with Gasteiger partial charge in [-0.25, -0.2) is 8.42 Å². The fraction of sp³-hybridized carbons (Fsp3) is 0.174. The molecule has 182 valence electrons. The molecule has 0 radical (unpaired) electrons. The summed E-state index contributed by atoms with van der Waals surface area (Å²) in [4.78, 5) is 10.4. The van der Waals surface area contributed by atoms with Crippen molar-refractivity contribution in [3.63, 3.8) is 0 Å². The molecule has 12 heteroatoms. The molecule has 3 N–H and O–H groups in total. The Labute approximate surface area is 211 Å². The molecule has 0 bridgehead atoms. The molecule has 9 nitrogen and oxygen atoms in total. The number of aryl methyl sites for hydroxylation is 1. The van der Waals surface area contributed by atoms with E-state index in [9.17, 15) is 23.6 Å². The highest BCUT2D eigenvalue weighted by atomic mass is 35.5. The second-order valence-corrected chi connectivity index (χ2v) is 10.5. The maximum Gasteiger partial charge on any atom is 0.270 e. The molecule has 2 unspecified atom stereocenters. The standard InChI is InChI=1S/C23H20Cl2N4O5S/c1-13-2-6-16(29(31)32)11-22(13)35(33,34)28-23(18-9-5-15(24)10-19(18)25)21-12-20(26-27-21)14-3-7-17(30)8-4-14/h2-11,20,23,26,28,30H,12H2,1H3.